The van der Waals surface area contributed by atoms with Crippen LogP contribution in [0, 0.1) is 6.92 Å². The van der Waals surface area contributed by atoms with Gasteiger partial charge in [-0.3, -0.25) is 9.59 Å². The molecule has 0 aliphatic heterocycles. The molecule has 1 N–H and O–H groups in total. The molecular formula is C18H23N3O4S. The summed E-state index contributed by atoms with van der Waals surface area (Å²) in [6.45, 7) is 3.83. The third kappa shape index (κ3) is 4.13. The molecule has 0 fully saturated rings. The van der Waals surface area contributed by atoms with E-state index in [1.165, 1.54) is 25.6 Å². The first-order valence-corrected chi connectivity index (χ1v) is 8.98. The summed E-state index contributed by atoms with van der Waals surface area (Å²) in [6.07, 6.45) is 2.43. The molecule has 26 heavy (non-hydrogen) atoms. The molecule has 0 aliphatic rings. The number of carbonyl (C=O) groups is 2. The lowest BCUT2D eigenvalue weighted by Crippen LogP contribution is -2.33. The van der Waals surface area contributed by atoms with Crippen LogP contribution in [-0.2, 0) is 4.79 Å². The first-order chi connectivity index (χ1) is 12.4. The summed E-state index contributed by atoms with van der Waals surface area (Å²) in [7, 11) is 4.64. The highest BCUT2D eigenvalue weighted by molar-refractivity contribution is 7.09. The van der Waals surface area contributed by atoms with Crippen molar-refractivity contribution in [1.29, 1.82) is 0 Å². The molecule has 0 saturated heterocycles. The molecule has 1 aromatic heterocycles. The van der Waals surface area contributed by atoms with E-state index in [9.17, 15) is 9.59 Å². The number of carbonyl (C=O) groups excluding carboxylic acids is 2. The van der Waals surface area contributed by atoms with Gasteiger partial charge in [-0.15, -0.1) is 11.3 Å². The van der Waals surface area contributed by atoms with Gasteiger partial charge in [0.05, 0.1) is 14.2 Å². The Hall–Kier alpha value is -2.61. The van der Waals surface area contributed by atoms with Crippen LogP contribution < -0.4 is 19.6 Å². The Morgan fingerprint density at radius 2 is 1.96 bits per heavy atom. The summed E-state index contributed by atoms with van der Waals surface area (Å²) in [5.41, 5.74) is 0.383. The quantitative estimate of drug-likeness (QED) is 0.838. The number of thiazole rings is 1. The van der Waals surface area contributed by atoms with E-state index in [1.54, 1.807) is 29.8 Å². The van der Waals surface area contributed by atoms with Crippen molar-refractivity contribution in [3.63, 3.8) is 0 Å². The molecule has 0 saturated carbocycles. The maximum atomic E-state index is 12.6. The van der Waals surface area contributed by atoms with Gasteiger partial charge in [0, 0.05) is 23.7 Å². The van der Waals surface area contributed by atoms with Crippen molar-refractivity contribution in [2.45, 2.75) is 26.3 Å². The van der Waals surface area contributed by atoms with Crippen LogP contribution in [0.1, 0.15) is 34.6 Å². The zero-order valence-electron chi connectivity index (χ0n) is 15.5. The lowest BCUT2D eigenvalue weighted by atomic mass is 10.2. The molecule has 0 unspecified atom stereocenters. The topological polar surface area (TPSA) is 81.9 Å². The van der Waals surface area contributed by atoms with E-state index in [0.29, 0.717) is 28.3 Å². The molecule has 8 heteroatoms. The maximum absolute atomic E-state index is 12.6. The fourth-order valence-corrected chi connectivity index (χ4v) is 3.44. The minimum atomic E-state index is -0.415. The number of aromatic nitrogens is 1. The smallest absolute Gasteiger partial charge is 0.279 e. The van der Waals surface area contributed by atoms with Crippen LogP contribution in [0.5, 0.6) is 11.5 Å². The minimum Gasteiger partial charge on any atom is -0.493 e. The van der Waals surface area contributed by atoms with Crippen molar-refractivity contribution in [1.82, 2.24) is 9.88 Å². The van der Waals surface area contributed by atoms with Gasteiger partial charge in [-0.05, 0) is 31.5 Å². The second kappa shape index (κ2) is 8.66. The molecule has 1 atom stereocenters. The van der Waals surface area contributed by atoms with Crippen molar-refractivity contribution in [2.24, 2.45) is 4.99 Å². The first-order valence-electron chi connectivity index (χ1n) is 8.16. The predicted octanol–water partition coefficient (Wildman–Crippen LogP) is 2.31. The normalized spacial score (nSPS) is 12.6. The number of likely N-dealkylation sites (N-methyl/N-ethyl adjacent to an activating group) is 1. The summed E-state index contributed by atoms with van der Waals surface area (Å²) in [6, 6.07) is 4.47. The highest BCUT2D eigenvalue weighted by Crippen LogP contribution is 2.27. The maximum Gasteiger partial charge on any atom is 0.279 e. The van der Waals surface area contributed by atoms with E-state index in [2.05, 4.69) is 10.3 Å². The molecule has 0 spiro atoms. The fraction of sp³-hybridized carbons (Fsp3) is 0.389. The van der Waals surface area contributed by atoms with Crippen LogP contribution in [0.4, 0.5) is 0 Å². The largest absolute Gasteiger partial charge is 0.493 e. The number of amides is 2. The van der Waals surface area contributed by atoms with E-state index < -0.39 is 11.9 Å². The van der Waals surface area contributed by atoms with Gasteiger partial charge in [0.15, 0.2) is 16.3 Å². The highest BCUT2D eigenvalue weighted by atomic mass is 32.1. The van der Waals surface area contributed by atoms with Crippen molar-refractivity contribution in [2.75, 3.05) is 21.3 Å². The Kier molecular flexibility index (Phi) is 6.57. The van der Waals surface area contributed by atoms with Gasteiger partial charge in [0.2, 0.25) is 5.91 Å². The molecule has 2 rings (SSSR count). The van der Waals surface area contributed by atoms with E-state index >= 15 is 0 Å². The number of hydrogen-bond acceptors (Lipinski definition) is 5. The van der Waals surface area contributed by atoms with Gasteiger partial charge in [0.1, 0.15) is 6.04 Å². The zero-order valence-corrected chi connectivity index (χ0v) is 16.3. The summed E-state index contributed by atoms with van der Waals surface area (Å²) in [5, 5.41) is 2.65. The Balaban J connectivity index is 2.47. The average Bonchev–Trinajstić information content (AvgIpc) is 3.01. The predicted molar refractivity (Wildman–Crippen MR) is 99.9 cm³/mol. The Morgan fingerprint density at radius 3 is 2.54 bits per heavy atom. The molecule has 140 valence electrons. The zero-order chi connectivity index (χ0) is 19.3. The second-order valence-corrected chi connectivity index (χ2v) is 6.77. The van der Waals surface area contributed by atoms with Crippen LogP contribution in [0.15, 0.2) is 29.4 Å². The van der Waals surface area contributed by atoms with E-state index in [0.717, 1.165) is 4.88 Å². The number of nitrogens with zero attached hydrogens (tertiary/aromatic N) is 2. The number of nitrogens with one attached hydrogen (secondary N) is 1. The molecule has 1 aromatic carbocycles. The summed E-state index contributed by atoms with van der Waals surface area (Å²) in [4.78, 5) is 30.4. The van der Waals surface area contributed by atoms with Gasteiger partial charge in [-0.25, -0.2) is 0 Å². The highest BCUT2D eigenvalue weighted by Gasteiger charge is 2.19. The molecule has 1 heterocycles. The SMILES string of the molecule is CC[C@H](C(=O)NC)n1cc(C)sc1=NC(=O)c1ccc(OC)c(OC)c1. The molecule has 0 radical (unpaired) electrons. The van der Waals surface area contributed by atoms with Gasteiger partial charge < -0.3 is 19.4 Å². The Labute approximate surface area is 156 Å². The second-order valence-electron chi connectivity index (χ2n) is 5.56. The van der Waals surface area contributed by atoms with Gasteiger partial charge in [-0.2, -0.15) is 4.99 Å². The number of methoxy groups -OCH3 is 2. The Morgan fingerprint density at radius 1 is 1.27 bits per heavy atom. The van der Waals surface area contributed by atoms with Crippen LogP contribution in [-0.4, -0.2) is 37.6 Å². The van der Waals surface area contributed by atoms with E-state index in [1.807, 2.05) is 20.0 Å². The lowest BCUT2D eigenvalue weighted by Gasteiger charge is -2.14. The standard InChI is InChI=1S/C18H23N3O4S/c1-6-13(17(23)19-3)21-10-11(2)26-18(21)20-16(22)12-7-8-14(24-4)15(9-12)25-5/h7-10,13H,6H2,1-5H3,(H,19,23)/t13-/m1/s1. The number of aryl methyl sites for hydroxylation is 1. The third-order valence-electron chi connectivity index (χ3n) is 3.89. The monoisotopic (exact) mass is 377 g/mol. The number of hydrogen-bond donors (Lipinski definition) is 1. The van der Waals surface area contributed by atoms with E-state index in [-0.39, 0.29) is 5.91 Å². The summed E-state index contributed by atoms with van der Waals surface area (Å²) < 4.78 is 12.2. The molecule has 7 nitrogen and oxygen atoms in total. The Bertz CT molecular complexity index is 870. The van der Waals surface area contributed by atoms with Crippen LogP contribution in [0.25, 0.3) is 0 Å². The molecule has 2 aromatic rings. The molecule has 0 aliphatic carbocycles. The molecule has 2 amide bonds. The molecule has 0 bridgehead atoms. The van der Waals surface area contributed by atoms with Gasteiger partial charge in [-0.1, -0.05) is 6.92 Å². The summed E-state index contributed by atoms with van der Waals surface area (Å²) in [5.74, 6) is 0.468. The molecular weight excluding hydrogens is 354 g/mol. The van der Waals surface area contributed by atoms with Gasteiger partial charge >= 0.3 is 0 Å². The van der Waals surface area contributed by atoms with E-state index in [4.69, 9.17) is 9.47 Å². The van der Waals surface area contributed by atoms with Crippen molar-refractivity contribution < 1.29 is 19.1 Å². The third-order valence-corrected chi connectivity index (χ3v) is 4.81. The van der Waals surface area contributed by atoms with Crippen LogP contribution >= 0.6 is 11.3 Å². The van der Waals surface area contributed by atoms with Crippen LogP contribution in [0.3, 0.4) is 0 Å². The van der Waals surface area contributed by atoms with Crippen molar-refractivity contribution in [3.05, 3.63) is 39.6 Å². The lowest BCUT2D eigenvalue weighted by molar-refractivity contribution is -0.124. The average molecular weight is 377 g/mol. The number of ether oxygens (including phenoxy) is 2. The van der Waals surface area contributed by atoms with Crippen molar-refractivity contribution >= 4 is 23.2 Å². The number of benzene rings is 1. The van der Waals surface area contributed by atoms with Crippen molar-refractivity contribution in [3.8, 4) is 11.5 Å². The fourth-order valence-electron chi connectivity index (χ4n) is 2.57. The number of rotatable bonds is 6. The first kappa shape index (κ1) is 19.7. The van der Waals surface area contributed by atoms with Crippen LogP contribution in [0.2, 0.25) is 0 Å². The van der Waals surface area contributed by atoms with Gasteiger partial charge in [0.25, 0.3) is 5.91 Å². The minimum absolute atomic E-state index is 0.120. The summed E-state index contributed by atoms with van der Waals surface area (Å²) >= 11 is 1.37.